The van der Waals surface area contributed by atoms with Crippen LogP contribution >= 0.6 is 0 Å². The summed E-state index contributed by atoms with van der Waals surface area (Å²) in [5.74, 6) is -0.364. The predicted octanol–water partition coefficient (Wildman–Crippen LogP) is 0.722. The molecule has 1 aromatic carbocycles. The highest BCUT2D eigenvalue weighted by Crippen LogP contribution is 2.16. The van der Waals surface area contributed by atoms with Crippen LogP contribution in [-0.4, -0.2) is 43.3 Å². The number of methoxy groups -OCH3 is 1. The molecule has 0 aliphatic carbocycles. The van der Waals surface area contributed by atoms with Crippen molar-refractivity contribution in [3.63, 3.8) is 0 Å². The monoisotopic (exact) mass is 295 g/mol. The third kappa shape index (κ3) is 5.83. The molecule has 2 N–H and O–H groups in total. The summed E-state index contributed by atoms with van der Waals surface area (Å²) in [4.78, 5) is 22.9. The van der Waals surface area contributed by atoms with Gasteiger partial charge in [-0.2, -0.15) is 0 Å². The third-order valence-electron chi connectivity index (χ3n) is 2.80. The second kappa shape index (κ2) is 8.26. The summed E-state index contributed by atoms with van der Waals surface area (Å²) in [6, 6.07) is 4.76. The lowest BCUT2D eigenvalue weighted by atomic mass is 10.1. The van der Waals surface area contributed by atoms with E-state index < -0.39 is 18.6 Å². The molecule has 21 heavy (non-hydrogen) atoms. The molecule has 6 heteroatoms. The lowest BCUT2D eigenvalue weighted by molar-refractivity contribution is -0.146. The molecule has 0 saturated heterocycles. The van der Waals surface area contributed by atoms with Crippen LogP contribution in [0, 0.1) is 13.8 Å². The zero-order chi connectivity index (χ0) is 15.8. The van der Waals surface area contributed by atoms with E-state index in [4.69, 9.17) is 9.84 Å². The maximum absolute atomic E-state index is 11.6. The Balaban J connectivity index is 2.41. The van der Waals surface area contributed by atoms with E-state index in [1.54, 1.807) is 0 Å². The zero-order valence-electron chi connectivity index (χ0n) is 12.5. The molecule has 0 radical (unpaired) electrons. The topological polar surface area (TPSA) is 84.9 Å². The minimum Gasteiger partial charge on any atom is -0.493 e. The van der Waals surface area contributed by atoms with E-state index in [1.165, 1.54) is 7.11 Å². The first kappa shape index (κ1) is 17.0. The quantitative estimate of drug-likeness (QED) is 0.724. The normalized spacial score (nSPS) is 11.6. The van der Waals surface area contributed by atoms with E-state index in [0.29, 0.717) is 5.75 Å². The molecule has 1 atom stereocenters. The molecular weight excluding hydrogens is 274 g/mol. The molecule has 1 aromatic rings. The van der Waals surface area contributed by atoms with Crippen molar-refractivity contribution in [3.05, 3.63) is 29.3 Å². The van der Waals surface area contributed by atoms with Gasteiger partial charge >= 0.3 is 5.97 Å². The van der Waals surface area contributed by atoms with Gasteiger partial charge in [-0.3, -0.25) is 4.79 Å². The number of carbonyl (C=O) groups excluding carboxylic acids is 2. The van der Waals surface area contributed by atoms with Gasteiger partial charge in [0.25, 0.3) is 0 Å². The van der Waals surface area contributed by atoms with Gasteiger partial charge in [0.2, 0.25) is 5.91 Å². The summed E-state index contributed by atoms with van der Waals surface area (Å²) in [5.41, 5.74) is 2.17. The van der Waals surface area contributed by atoms with Crippen molar-refractivity contribution in [1.82, 2.24) is 5.32 Å². The Morgan fingerprint density at radius 2 is 1.86 bits per heavy atom. The fourth-order valence-corrected chi connectivity index (χ4v) is 1.87. The Kier molecular flexibility index (Phi) is 6.68. The number of aryl methyl sites for hydroxylation is 2. The van der Waals surface area contributed by atoms with Crippen molar-refractivity contribution in [2.45, 2.75) is 26.3 Å². The van der Waals surface area contributed by atoms with E-state index in [9.17, 15) is 9.59 Å². The molecule has 0 aliphatic heterocycles. The van der Waals surface area contributed by atoms with Crippen LogP contribution in [0.1, 0.15) is 17.5 Å². The second-order valence-electron chi connectivity index (χ2n) is 4.75. The molecule has 0 aromatic heterocycles. The fraction of sp³-hybridized carbons (Fsp3) is 0.467. The number of rotatable bonds is 7. The van der Waals surface area contributed by atoms with Gasteiger partial charge in [0.1, 0.15) is 5.75 Å². The van der Waals surface area contributed by atoms with E-state index in [0.717, 1.165) is 11.1 Å². The van der Waals surface area contributed by atoms with Gasteiger partial charge < -0.3 is 19.9 Å². The van der Waals surface area contributed by atoms with Crippen LogP contribution in [0.2, 0.25) is 0 Å². The minimum atomic E-state index is -1.04. The Hall–Kier alpha value is -2.08. The summed E-state index contributed by atoms with van der Waals surface area (Å²) in [6.45, 7) is 3.62. The maximum atomic E-state index is 11.6. The summed E-state index contributed by atoms with van der Waals surface area (Å²) in [7, 11) is 1.19. The van der Waals surface area contributed by atoms with Crippen LogP contribution < -0.4 is 10.1 Å². The first-order chi connectivity index (χ1) is 9.96. The number of benzene rings is 1. The number of hydrogen-bond acceptors (Lipinski definition) is 5. The van der Waals surface area contributed by atoms with Crippen LogP contribution in [-0.2, 0) is 14.3 Å². The summed E-state index contributed by atoms with van der Waals surface area (Å²) < 4.78 is 9.96. The zero-order valence-corrected chi connectivity index (χ0v) is 12.5. The highest BCUT2D eigenvalue weighted by molar-refractivity contribution is 5.84. The molecule has 0 aliphatic rings. The third-order valence-corrected chi connectivity index (χ3v) is 2.80. The van der Waals surface area contributed by atoms with E-state index in [-0.39, 0.29) is 18.9 Å². The van der Waals surface area contributed by atoms with Crippen LogP contribution in [0.3, 0.4) is 0 Å². The van der Waals surface area contributed by atoms with Crippen molar-refractivity contribution in [1.29, 1.82) is 0 Å². The molecule has 6 nitrogen and oxygen atoms in total. The van der Waals surface area contributed by atoms with E-state index >= 15 is 0 Å². The molecule has 0 fully saturated rings. The van der Waals surface area contributed by atoms with Crippen LogP contribution in [0.25, 0.3) is 0 Å². The van der Waals surface area contributed by atoms with Gasteiger partial charge in [-0.25, -0.2) is 4.79 Å². The number of aliphatic hydroxyl groups excluding tert-OH is 1. The summed E-state index contributed by atoms with van der Waals surface area (Å²) in [6.07, 6.45) is 0.0838. The van der Waals surface area contributed by atoms with E-state index in [2.05, 4.69) is 10.1 Å². The Labute approximate surface area is 124 Å². The van der Waals surface area contributed by atoms with Crippen LogP contribution in [0.15, 0.2) is 18.2 Å². The minimum absolute atomic E-state index is 0.0838. The first-order valence-electron chi connectivity index (χ1n) is 6.65. The first-order valence-corrected chi connectivity index (χ1v) is 6.65. The van der Waals surface area contributed by atoms with Gasteiger partial charge in [-0.1, -0.05) is 6.07 Å². The lowest BCUT2D eigenvalue weighted by Gasteiger charge is -2.14. The molecule has 116 valence electrons. The number of hydrogen-bond donors (Lipinski definition) is 2. The van der Waals surface area contributed by atoms with Crippen molar-refractivity contribution in [2.75, 3.05) is 20.3 Å². The highest BCUT2D eigenvalue weighted by atomic mass is 16.5. The molecule has 0 saturated carbocycles. The fourth-order valence-electron chi connectivity index (χ4n) is 1.87. The van der Waals surface area contributed by atoms with Gasteiger partial charge in [-0.05, 0) is 37.1 Å². The highest BCUT2D eigenvalue weighted by Gasteiger charge is 2.20. The smallest absolute Gasteiger partial charge is 0.330 e. The second-order valence-corrected chi connectivity index (χ2v) is 4.75. The number of ether oxygens (including phenoxy) is 2. The van der Waals surface area contributed by atoms with Crippen molar-refractivity contribution < 1.29 is 24.2 Å². The summed E-state index contributed by atoms with van der Waals surface area (Å²) >= 11 is 0. The number of esters is 1. The summed E-state index contributed by atoms with van der Waals surface area (Å²) in [5, 5.41) is 11.4. The lowest BCUT2D eigenvalue weighted by Crippen LogP contribution is -2.44. The largest absolute Gasteiger partial charge is 0.493 e. The molecule has 0 spiro atoms. The van der Waals surface area contributed by atoms with Gasteiger partial charge in [0.05, 0.1) is 26.7 Å². The molecule has 0 bridgehead atoms. The van der Waals surface area contributed by atoms with Crippen molar-refractivity contribution >= 4 is 11.9 Å². The van der Waals surface area contributed by atoms with Crippen LogP contribution in [0.4, 0.5) is 0 Å². The Morgan fingerprint density at radius 1 is 1.24 bits per heavy atom. The predicted molar refractivity (Wildman–Crippen MR) is 77.1 cm³/mol. The average molecular weight is 295 g/mol. The van der Waals surface area contributed by atoms with Gasteiger partial charge in [-0.15, -0.1) is 0 Å². The molecular formula is C15H21NO5. The standard InChI is InChI=1S/C15H21NO5/c1-10-6-11(2)8-12(7-10)21-5-4-14(18)16-13(9-17)15(19)20-3/h6-8,13,17H,4-5,9H2,1-3H3,(H,16,18). The van der Waals surface area contributed by atoms with Gasteiger partial charge in [0.15, 0.2) is 6.04 Å². The number of amides is 1. The Morgan fingerprint density at radius 3 is 2.38 bits per heavy atom. The number of nitrogens with one attached hydrogen (secondary N) is 1. The van der Waals surface area contributed by atoms with Crippen molar-refractivity contribution in [3.8, 4) is 5.75 Å². The molecule has 1 unspecified atom stereocenters. The number of aliphatic hydroxyl groups is 1. The Bertz CT molecular complexity index is 481. The van der Waals surface area contributed by atoms with Crippen LogP contribution in [0.5, 0.6) is 5.75 Å². The van der Waals surface area contributed by atoms with Gasteiger partial charge in [0, 0.05) is 0 Å². The number of carbonyl (C=O) groups is 2. The SMILES string of the molecule is COC(=O)C(CO)NC(=O)CCOc1cc(C)cc(C)c1. The molecule has 1 rings (SSSR count). The maximum Gasteiger partial charge on any atom is 0.330 e. The van der Waals surface area contributed by atoms with Crippen molar-refractivity contribution in [2.24, 2.45) is 0 Å². The molecule has 0 heterocycles. The molecule has 1 amide bonds. The van der Waals surface area contributed by atoms with E-state index in [1.807, 2.05) is 32.0 Å². The average Bonchev–Trinajstić information content (AvgIpc) is 2.43.